The van der Waals surface area contributed by atoms with Gasteiger partial charge in [-0.1, -0.05) is 32.6 Å². The van der Waals surface area contributed by atoms with E-state index in [2.05, 4.69) is 12.2 Å². The minimum absolute atomic E-state index is 0.0612. The molecule has 1 fully saturated rings. The zero-order valence-electron chi connectivity index (χ0n) is 10.5. The van der Waals surface area contributed by atoms with Crippen LogP contribution in [0.5, 0.6) is 0 Å². The van der Waals surface area contributed by atoms with Crippen molar-refractivity contribution in [3.05, 3.63) is 0 Å². The molecule has 0 spiro atoms. The summed E-state index contributed by atoms with van der Waals surface area (Å²) in [5.74, 6) is 0.321. The van der Waals surface area contributed by atoms with Gasteiger partial charge in [0.15, 0.2) is 9.84 Å². The highest BCUT2D eigenvalue weighted by Gasteiger charge is 2.29. The highest BCUT2D eigenvalue weighted by molar-refractivity contribution is 7.92. The van der Waals surface area contributed by atoms with E-state index in [1.807, 2.05) is 7.05 Å². The topological polar surface area (TPSA) is 46.2 Å². The molecular weight excluding hydrogens is 222 g/mol. The number of nitrogens with one attached hydrogen (secondary N) is 1. The molecule has 4 heteroatoms. The Morgan fingerprint density at radius 2 is 1.88 bits per heavy atom. The highest BCUT2D eigenvalue weighted by atomic mass is 32.2. The minimum Gasteiger partial charge on any atom is -0.316 e. The Morgan fingerprint density at radius 1 is 1.25 bits per heavy atom. The fourth-order valence-corrected chi connectivity index (χ4v) is 4.72. The van der Waals surface area contributed by atoms with E-state index in [0.717, 1.165) is 38.5 Å². The molecule has 0 aromatic carbocycles. The SMILES string of the molecule is CCCC(CS(=O)(=O)C1CCCCC1)NC. The van der Waals surface area contributed by atoms with Crippen molar-refractivity contribution in [1.82, 2.24) is 5.32 Å². The van der Waals surface area contributed by atoms with E-state index in [-0.39, 0.29) is 11.3 Å². The van der Waals surface area contributed by atoms with Crippen LogP contribution in [-0.4, -0.2) is 32.5 Å². The summed E-state index contributed by atoms with van der Waals surface area (Å²) in [5.41, 5.74) is 0. The predicted molar refractivity (Wildman–Crippen MR) is 68.4 cm³/mol. The predicted octanol–water partition coefficient (Wildman–Crippen LogP) is 2.12. The lowest BCUT2D eigenvalue weighted by Gasteiger charge is -2.24. The summed E-state index contributed by atoms with van der Waals surface area (Å²) in [6, 6.07) is 0.136. The summed E-state index contributed by atoms with van der Waals surface area (Å²) in [6.45, 7) is 2.09. The van der Waals surface area contributed by atoms with E-state index in [1.165, 1.54) is 6.42 Å². The Bertz CT molecular complexity index is 281. The van der Waals surface area contributed by atoms with E-state index >= 15 is 0 Å². The van der Waals surface area contributed by atoms with Gasteiger partial charge in [-0.3, -0.25) is 0 Å². The Balaban J connectivity index is 2.54. The van der Waals surface area contributed by atoms with E-state index < -0.39 is 9.84 Å². The van der Waals surface area contributed by atoms with Crippen molar-refractivity contribution >= 4 is 9.84 Å². The Labute approximate surface area is 99.9 Å². The van der Waals surface area contributed by atoms with Crippen LogP contribution in [0.25, 0.3) is 0 Å². The number of rotatable bonds is 6. The Kier molecular flexibility index (Phi) is 5.76. The molecule has 0 amide bonds. The minimum atomic E-state index is -2.88. The lowest BCUT2D eigenvalue weighted by molar-refractivity contribution is 0.474. The van der Waals surface area contributed by atoms with Gasteiger partial charge in [0, 0.05) is 6.04 Å². The number of hydrogen-bond donors (Lipinski definition) is 1. The molecule has 0 heterocycles. The third kappa shape index (κ3) is 4.06. The van der Waals surface area contributed by atoms with Gasteiger partial charge < -0.3 is 5.32 Å². The largest absolute Gasteiger partial charge is 0.316 e. The van der Waals surface area contributed by atoms with Gasteiger partial charge in [0.25, 0.3) is 0 Å². The maximum Gasteiger partial charge on any atom is 0.154 e. The lowest BCUT2D eigenvalue weighted by Crippen LogP contribution is -2.37. The third-order valence-corrected chi connectivity index (χ3v) is 5.89. The monoisotopic (exact) mass is 247 g/mol. The van der Waals surface area contributed by atoms with Gasteiger partial charge in [0.2, 0.25) is 0 Å². The Hall–Kier alpha value is -0.0900. The van der Waals surface area contributed by atoms with Crippen LogP contribution >= 0.6 is 0 Å². The quantitative estimate of drug-likeness (QED) is 0.782. The summed E-state index contributed by atoms with van der Waals surface area (Å²) in [5, 5.41) is 3.06. The van der Waals surface area contributed by atoms with Crippen molar-refractivity contribution < 1.29 is 8.42 Å². The summed E-state index contributed by atoms with van der Waals surface area (Å²) in [7, 11) is -1.02. The maximum atomic E-state index is 12.2. The molecule has 1 N–H and O–H groups in total. The Morgan fingerprint density at radius 3 is 2.38 bits per heavy atom. The lowest BCUT2D eigenvalue weighted by atomic mass is 10.0. The van der Waals surface area contributed by atoms with E-state index in [9.17, 15) is 8.42 Å². The highest BCUT2D eigenvalue weighted by Crippen LogP contribution is 2.24. The summed E-state index contributed by atoms with van der Waals surface area (Å²) >= 11 is 0. The van der Waals surface area contributed by atoms with Crippen molar-refractivity contribution in [2.45, 2.75) is 63.2 Å². The van der Waals surface area contributed by atoms with Gasteiger partial charge in [0.1, 0.15) is 0 Å². The van der Waals surface area contributed by atoms with Crippen molar-refractivity contribution in [3.8, 4) is 0 Å². The fourth-order valence-electron chi connectivity index (χ4n) is 2.50. The molecule has 0 aromatic heterocycles. The first-order valence-electron chi connectivity index (χ1n) is 6.49. The summed E-state index contributed by atoms with van der Waals surface area (Å²) in [4.78, 5) is 0. The normalized spacial score (nSPS) is 20.9. The van der Waals surface area contributed by atoms with Crippen LogP contribution in [0.4, 0.5) is 0 Å². The maximum absolute atomic E-state index is 12.2. The molecule has 0 aliphatic heterocycles. The van der Waals surface area contributed by atoms with Crippen LogP contribution in [-0.2, 0) is 9.84 Å². The van der Waals surface area contributed by atoms with Crippen LogP contribution < -0.4 is 5.32 Å². The molecule has 1 unspecified atom stereocenters. The molecule has 1 aliphatic carbocycles. The molecule has 16 heavy (non-hydrogen) atoms. The van der Waals surface area contributed by atoms with E-state index in [0.29, 0.717) is 5.75 Å². The molecular formula is C12H25NO2S. The second kappa shape index (κ2) is 6.60. The standard InChI is InChI=1S/C12H25NO2S/c1-3-7-11(13-2)10-16(14,15)12-8-5-4-6-9-12/h11-13H,3-10H2,1-2H3. The summed E-state index contributed by atoms with van der Waals surface area (Å²) in [6.07, 6.45) is 7.12. The number of hydrogen-bond acceptors (Lipinski definition) is 3. The molecule has 3 nitrogen and oxygen atoms in total. The second-order valence-electron chi connectivity index (χ2n) is 4.86. The average Bonchev–Trinajstić information content (AvgIpc) is 2.29. The smallest absolute Gasteiger partial charge is 0.154 e. The first-order chi connectivity index (χ1) is 7.60. The van der Waals surface area contributed by atoms with Gasteiger partial charge in [-0.2, -0.15) is 0 Å². The van der Waals surface area contributed by atoms with Gasteiger partial charge in [-0.25, -0.2) is 8.42 Å². The van der Waals surface area contributed by atoms with Crippen LogP contribution in [0.1, 0.15) is 51.9 Å². The molecule has 1 saturated carbocycles. The fraction of sp³-hybridized carbons (Fsp3) is 1.00. The zero-order chi connectivity index (χ0) is 12.0. The molecule has 0 aromatic rings. The van der Waals surface area contributed by atoms with Crippen molar-refractivity contribution in [2.75, 3.05) is 12.8 Å². The molecule has 1 rings (SSSR count). The first kappa shape index (κ1) is 14.0. The van der Waals surface area contributed by atoms with Gasteiger partial charge >= 0.3 is 0 Å². The molecule has 0 bridgehead atoms. The third-order valence-electron chi connectivity index (χ3n) is 3.54. The molecule has 96 valence electrons. The van der Waals surface area contributed by atoms with Gasteiger partial charge in [-0.05, 0) is 26.3 Å². The second-order valence-corrected chi connectivity index (χ2v) is 7.19. The molecule has 1 aliphatic rings. The van der Waals surface area contributed by atoms with Crippen LogP contribution in [0.2, 0.25) is 0 Å². The average molecular weight is 247 g/mol. The summed E-state index contributed by atoms with van der Waals surface area (Å²) < 4.78 is 24.4. The molecule has 0 saturated heterocycles. The van der Waals surface area contributed by atoms with Crippen LogP contribution in [0, 0.1) is 0 Å². The van der Waals surface area contributed by atoms with Gasteiger partial charge in [-0.15, -0.1) is 0 Å². The van der Waals surface area contributed by atoms with Gasteiger partial charge in [0.05, 0.1) is 11.0 Å². The van der Waals surface area contributed by atoms with Crippen LogP contribution in [0.15, 0.2) is 0 Å². The number of sulfone groups is 1. The van der Waals surface area contributed by atoms with Crippen LogP contribution in [0.3, 0.4) is 0 Å². The molecule has 0 radical (unpaired) electrons. The molecule has 1 atom stereocenters. The van der Waals surface area contributed by atoms with Crippen molar-refractivity contribution in [3.63, 3.8) is 0 Å². The van der Waals surface area contributed by atoms with Crippen molar-refractivity contribution in [2.24, 2.45) is 0 Å². The van der Waals surface area contributed by atoms with E-state index in [4.69, 9.17) is 0 Å². The first-order valence-corrected chi connectivity index (χ1v) is 8.20. The zero-order valence-corrected chi connectivity index (χ0v) is 11.4. The van der Waals surface area contributed by atoms with Crippen molar-refractivity contribution in [1.29, 1.82) is 0 Å². The van der Waals surface area contributed by atoms with E-state index in [1.54, 1.807) is 0 Å².